The van der Waals surface area contributed by atoms with Crippen LogP contribution in [0.2, 0.25) is 5.02 Å². The number of aromatic nitrogens is 2. The van der Waals surface area contributed by atoms with Crippen LogP contribution in [0, 0.1) is 13.8 Å². The predicted octanol–water partition coefficient (Wildman–Crippen LogP) is 5.57. The molecule has 0 N–H and O–H groups in total. The quantitative estimate of drug-likeness (QED) is 0.395. The van der Waals surface area contributed by atoms with Gasteiger partial charge in [0.2, 0.25) is 0 Å². The molecular weight excluding hydrogens is 418 g/mol. The Bertz CT molecular complexity index is 1190. The van der Waals surface area contributed by atoms with Crippen molar-refractivity contribution in [2.24, 2.45) is 0 Å². The molecule has 4 aromatic rings. The standard InChI is InChI=1S/C23H20ClN3O2S/c1-15-7-3-4-9-19(15)29-14-21(28)27(13-17-8-5-6-12-25-17)23-26-22-16(2)18(24)10-11-20(22)30-23/h3-12H,13-14H2,1-2H3. The number of aryl methyl sites for hydroxylation is 2. The lowest BCUT2D eigenvalue weighted by Gasteiger charge is -2.20. The van der Waals surface area contributed by atoms with E-state index in [4.69, 9.17) is 21.3 Å². The molecule has 0 unspecified atom stereocenters. The molecule has 0 fully saturated rings. The third-order valence-electron chi connectivity index (χ3n) is 4.76. The minimum atomic E-state index is -0.188. The minimum absolute atomic E-state index is 0.0899. The van der Waals surface area contributed by atoms with Crippen molar-refractivity contribution in [1.29, 1.82) is 0 Å². The monoisotopic (exact) mass is 437 g/mol. The third kappa shape index (κ3) is 4.30. The molecule has 2 aromatic carbocycles. The summed E-state index contributed by atoms with van der Waals surface area (Å²) < 4.78 is 6.78. The number of pyridine rings is 1. The molecule has 0 aliphatic rings. The van der Waals surface area contributed by atoms with Gasteiger partial charge in [0.25, 0.3) is 5.91 Å². The summed E-state index contributed by atoms with van der Waals surface area (Å²) in [5.74, 6) is 0.502. The Labute approximate surface area is 183 Å². The molecule has 152 valence electrons. The Morgan fingerprint density at radius 1 is 1.10 bits per heavy atom. The van der Waals surface area contributed by atoms with Crippen LogP contribution in [0.25, 0.3) is 10.2 Å². The van der Waals surface area contributed by atoms with Crippen LogP contribution in [0.3, 0.4) is 0 Å². The number of anilines is 1. The Balaban J connectivity index is 1.65. The maximum absolute atomic E-state index is 13.2. The first kappa shape index (κ1) is 20.3. The second kappa shape index (κ2) is 8.81. The van der Waals surface area contributed by atoms with Gasteiger partial charge < -0.3 is 4.74 Å². The highest BCUT2D eigenvalue weighted by Crippen LogP contribution is 2.34. The molecule has 5 nitrogen and oxygen atoms in total. The summed E-state index contributed by atoms with van der Waals surface area (Å²) in [5.41, 5.74) is 3.46. The lowest BCUT2D eigenvalue weighted by molar-refractivity contribution is -0.120. The number of amides is 1. The van der Waals surface area contributed by atoms with Gasteiger partial charge in [0.1, 0.15) is 5.75 Å². The van der Waals surface area contributed by atoms with E-state index < -0.39 is 0 Å². The Morgan fingerprint density at radius 3 is 2.67 bits per heavy atom. The highest BCUT2D eigenvalue weighted by atomic mass is 35.5. The lowest BCUT2D eigenvalue weighted by atomic mass is 10.2. The van der Waals surface area contributed by atoms with E-state index in [0.29, 0.717) is 22.4 Å². The summed E-state index contributed by atoms with van der Waals surface area (Å²) in [5, 5.41) is 1.25. The van der Waals surface area contributed by atoms with E-state index in [1.54, 1.807) is 11.1 Å². The molecule has 1 amide bonds. The molecule has 0 bridgehead atoms. The van der Waals surface area contributed by atoms with Crippen LogP contribution in [0.15, 0.2) is 60.8 Å². The molecule has 2 heterocycles. The summed E-state index contributed by atoms with van der Waals surface area (Å²) in [6.45, 7) is 4.10. The molecule has 2 aromatic heterocycles. The van der Waals surface area contributed by atoms with Gasteiger partial charge in [-0.1, -0.05) is 47.2 Å². The van der Waals surface area contributed by atoms with Crippen LogP contribution in [-0.2, 0) is 11.3 Å². The molecule has 0 spiro atoms. The van der Waals surface area contributed by atoms with Gasteiger partial charge in [-0.2, -0.15) is 0 Å². The number of nitrogens with zero attached hydrogens (tertiary/aromatic N) is 3. The summed E-state index contributed by atoms with van der Waals surface area (Å²) >= 11 is 7.71. The number of hydrogen-bond donors (Lipinski definition) is 0. The Kier molecular flexibility index (Phi) is 5.97. The topological polar surface area (TPSA) is 55.3 Å². The number of hydrogen-bond acceptors (Lipinski definition) is 5. The van der Waals surface area contributed by atoms with E-state index in [2.05, 4.69) is 4.98 Å². The van der Waals surface area contributed by atoms with E-state index in [0.717, 1.165) is 27.0 Å². The number of thiazole rings is 1. The minimum Gasteiger partial charge on any atom is -0.483 e. The van der Waals surface area contributed by atoms with Gasteiger partial charge in [-0.25, -0.2) is 4.98 Å². The van der Waals surface area contributed by atoms with Gasteiger partial charge in [0.15, 0.2) is 11.7 Å². The van der Waals surface area contributed by atoms with Crippen molar-refractivity contribution in [2.45, 2.75) is 20.4 Å². The van der Waals surface area contributed by atoms with Gasteiger partial charge in [0, 0.05) is 11.2 Å². The van der Waals surface area contributed by atoms with E-state index in [-0.39, 0.29) is 12.5 Å². The highest BCUT2D eigenvalue weighted by Gasteiger charge is 2.22. The number of benzene rings is 2. The van der Waals surface area contributed by atoms with Gasteiger partial charge >= 0.3 is 0 Å². The molecule has 4 rings (SSSR count). The van der Waals surface area contributed by atoms with E-state index in [1.165, 1.54) is 11.3 Å². The molecule has 7 heteroatoms. The fraction of sp³-hybridized carbons (Fsp3) is 0.174. The number of carbonyl (C=O) groups excluding carboxylic acids is 1. The Morgan fingerprint density at radius 2 is 1.90 bits per heavy atom. The van der Waals surface area contributed by atoms with Gasteiger partial charge in [-0.3, -0.25) is 14.7 Å². The summed E-state index contributed by atoms with van der Waals surface area (Å²) in [6, 6.07) is 17.0. The lowest BCUT2D eigenvalue weighted by Crippen LogP contribution is -2.34. The van der Waals surface area contributed by atoms with Gasteiger partial charge in [0.05, 0.1) is 22.5 Å². The predicted molar refractivity (Wildman–Crippen MR) is 121 cm³/mol. The molecule has 0 radical (unpaired) electrons. The maximum Gasteiger partial charge on any atom is 0.267 e. The first-order valence-electron chi connectivity index (χ1n) is 9.47. The number of halogens is 1. The van der Waals surface area contributed by atoms with Crippen LogP contribution in [0.1, 0.15) is 16.8 Å². The number of rotatable bonds is 6. The van der Waals surface area contributed by atoms with Crippen molar-refractivity contribution in [3.63, 3.8) is 0 Å². The molecule has 30 heavy (non-hydrogen) atoms. The molecule has 0 saturated heterocycles. The third-order valence-corrected chi connectivity index (χ3v) is 6.21. The zero-order chi connectivity index (χ0) is 21.1. The highest BCUT2D eigenvalue weighted by molar-refractivity contribution is 7.22. The molecule has 0 atom stereocenters. The fourth-order valence-electron chi connectivity index (χ4n) is 3.06. The molecule has 0 aliphatic heterocycles. The van der Waals surface area contributed by atoms with Gasteiger partial charge in [-0.15, -0.1) is 0 Å². The normalized spacial score (nSPS) is 10.9. The SMILES string of the molecule is Cc1ccccc1OCC(=O)N(Cc1ccccn1)c1nc2c(C)c(Cl)ccc2s1. The second-order valence-electron chi connectivity index (χ2n) is 6.87. The first-order valence-corrected chi connectivity index (χ1v) is 10.7. The van der Waals surface area contributed by atoms with Crippen LogP contribution in [0.5, 0.6) is 5.75 Å². The van der Waals surface area contributed by atoms with Crippen molar-refractivity contribution in [1.82, 2.24) is 9.97 Å². The van der Waals surface area contributed by atoms with Gasteiger partial charge in [-0.05, 0) is 55.3 Å². The van der Waals surface area contributed by atoms with Crippen molar-refractivity contribution in [3.05, 3.63) is 82.6 Å². The second-order valence-corrected chi connectivity index (χ2v) is 8.29. The molecule has 0 saturated carbocycles. The zero-order valence-electron chi connectivity index (χ0n) is 16.6. The summed E-state index contributed by atoms with van der Waals surface area (Å²) in [4.78, 5) is 23.9. The van der Waals surface area contributed by atoms with Crippen LogP contribution < -0.4 is 9.64 Å². The van der Waals surface area contributed by atoms with Crippen molar-refractivity contribution >= 4 is 44.2 Å². The van der Waals surface area contributed by atoms with Crippen molar-refractivity contribution < 1.29 is 9.53 Å². The maximum atomic E-state index is 13.2. The Hall–Kier alpha value is -2.96. The number of carbonyl (C=O) groups is 1. The first-order chi connectivity index (χ1) is 14.5. The average Bonchev–Trinajstić information content (AvgIpc) is 3.19. The largest absolute Gasteiger partial charge is 0.483 e. The van der Waals surface area contributed by atoms with Crippen LogP contribution >= 0.6 is 22.9 Å². The fourth-order valence-corrected chi connectivity index (χ4v) is 4.25. The number of fused-ring (bicyclic) bond motifs is 1. The summed E-state index contributed by atoms with van der Waals surface area (Å²) in [7, 11) is 0. The smallest absolute Gasteiger partial charge is 0.267 e. The molecule has 0 aliphatic carbocycles. The zero-order valence-corrected chi connectivity index (χ0v) is 18.2. The number of ether oxygens (including phenoxy) is 1. The van der Waals surface area contributed by atoms with E-state index >= 15 is 0 Å². The number of para-hydroxylation sites is 1. The summed E-state index contributed by atoms with van der Waals surface area (Å²) in [6.07, 6.45) is 1.71. The van der Waals surface area contributed by atoms with Crippen molar-refractivity contribution in [2.75, 3.05) is 11.5 Å². The van der Waals surface area contributed by atoms with Crippen LogP contribution in [0.4, 0.5) is 5.13 Å². The average molecular weight is 438 g/mol. The molecular formula is C23H20ClN3O2S. The van der Waals surface area contributed by atoms with E-state index in [9.17, 15) is 4.79 Å². The van der Waals surface area contributed by atoms with Crippen molar-refractivity contribution in [3.8, 4) is 5.75 Å². The van der Waals surface area contributed by atoms with Crippen LogP contribution in [-0.4, -0.2) is 22.5 Å². The van der Waals surface area contributed by atoms with E-state index in [1.807, 2.05) is 68.4 Å².